The molecule has 0 aromatic heterocycles. The zero-order valence-electron chi connectivity index (χ0n) is 45.6. The highest BCUT2D eigenvalue weighted by Gasteiger charge is 2.53. The van der Waals surface area contributed by atoms with Crippen LogP contribution in [0.1, 0.15) is 151 Å². The maximum atomic E-state index is 14.1. The number of hydrogen-bond donors (Lipinski definition) is 10. The number of hydrogen-bond acceptors (Lipinski definition) is 26. The van der Waals surface area contributed by atoms with E-state index in [0.29, 0.717) is 0 Å². The molecule has 4 aliphatic carbocycles. The monoisotopic (exact) mass is 1170 g/mol. The molecule has 4 aromatic carbocycles. The molecule has 0 radical (unpaired) electrons. The van der Waals surface area contributed by atoms with E-state index >= 15 is 0 Å². The van der Waals surface area contributed by atoms with Gasteiger partial charge in [0.05, 0.1) is 97.1 Å². The fourth-order valence-electron chi connectivity index (χ4n) is 12.1. The van der Waals surface area contributed by atoms with Gasteiger partial charge >= 0.3 is 11.9 Å². The number of phenolic OH excluding ortho intramolecular Hbond substituents is 4. The molecule has 2 aliphatic heterocycles. The summed E-state index contributed by atoms with van der Waals surface area (Å²) in [6.45, 7) is 0.708. The second-order valence-electron chi connectivity index (χ2n) is 21.8. The number of ketones is 6. The van der Waals surface area contributed by atoms with Crippen molar-refractivity contribution in [3.05, 3.63) is 103 Å². The summed E-state index contributed by atoms with van der Waals surface area (Å²) >= 11 is 0. The molecule has 4 aromatic rings. The molecule has 2 saturated heterocycles. The standard InChI is InChI=1S/C58H60N2O24/c1-21-47(65)27(59)13-37(81-21)83-31-17-57(75,15-25-41(31)55(73)45-43(51(25)69)49(67)23-7-5-9-29(77-3)39(23)53(45)71)33(61)19-79-35(63)11-12-36(64)80-20-34(62)58(76)16-26-42(32(18-58)84-38-14-28(60)48(66)22(2)82-38)56(74)46-44(52(26)70)50(68)24-8-6-10-30(78-4)40(24)54(46)72/h5-10,21-22,27-28,31-32,37-38,47-48,65-66,69-70,73-76H,11-20,59-60H2,1-4H3/t21?,22?,27-,28+,31+,32-,37+,38-,47-,48+,57+,58-. The van der Waals surface area contributed by atoms with E-state index in [1.165, 1.54) is 64.5 Å². The van der Waals surface area contributed by atoms with Crippen LogP contribution >= 0.6 is 0 Å². The van der Waals surface area contributed by atoms with Crippen molar-refractivity contribution in [2.75, 3.05) is 27.4 Å². The van der Waals surface area contributed by atoms with Crippen LogP contribution in [0.25, 0.3) is 0 Å². The zero-order valence-corrected chi connectivity index (χ0v) is 45.6. The highest BCUT2D eigenvalue weighted by Crippen LogP contribution is 2.55. The topological polar surface area (TPSA) is 424 Å². The molecular formula is C58H60N2O24. The lowest BCUT2D eigenvalue weighted by atomic mass is 9.72. The van der Waals surface area contributed by atoms with Gasteiger partial charge in [-0.3, -0.25) is 38.4 Å². The number of carbonyl (C=O) groups is 8. The number of Topliss-reactive ketones (excluding diaryl/α,β-unsaturated/α-hetero) is 2. The first-order valence-corrected chi connectivity index (χ1v) is 26.8. The van der Waals surface area contributed by atoms with Crippen LogP contribution in [0, 0.1) is 0 Å². The summed E-state index contributed by atoms with van der Waals surface area (Å²) in [7, 11) is 2.53. The maximum Gasteiger partial charge on any atom is 0.306 e. The lowest BCUT2D eigenvalue weighted by Crippen LogP contribution is -2.53. The number of benzene rings is 4. The van der Waals surface area contributed by atoms with E-state index in [0.717, 1.165) is 0 Å². The van der Waals surface area contributed by atoms with E-state index in [4.69, 9.17) is 49.4 Å². The van der Waals surface area contributed by atoms with Gasteiger partial charge in [0.2, 0.25) is 23.1 Å². The van der Waals surface area contributed by atoms with Gasteiger partial charge in [-0.1, -0.05) is 24.3 Å². The van der Waals surface area contributed by atoms with Crippen molar-refractivity contribution in [2.45, 2.75) is 138 Å². The van der Waals surface area contributed by atoms with E-state index < -0.39 is 216 Å². The molecule has 2 heterocycles. The Morgan fingerprint density at radius 2 is 0.917 bits per heavy atom. The highest BCUT2D eigenvalue weighted by atomic mass is 16.7. The van der Waals surface area contributed by atoms with Crippen molar-refractivity contribution < 1.29 is 117 Å². The summed E-state index contributed by atoms with van der Waals surface area (Å²) in [5, 5.41) is 92.7. The fraction of sp³-hybridized carbons (Fsp3) is 0.448. The summed E-state index contributed by atoms with van der Waals surface area (Å²) < 4.78 is 45.0. The van der Waals surface area contributed by atoms with Gasteiger partial charge in [0.25, 0.3) is 0 Å². The Hall–Kier alpha value is -7.76. The van der Waals surface area contributed by atoms with E-state index in [-0.39, 0.29) is 68.8 Å². The van der Waals surface area contributed by atoms with Crippen LogP contribution in [0.3, 0.4) is 0 Å². The predicted molar refractivity (Wildman–Crippen MR) is 280 cm³/mol. The van der Waals surface area contributed by atoms with Gasteiger partial charge < -0.3 is 90.2 Å². The smallest absolute Gasteiger partial charge is 0.306 e. The van der Waals surface area contributed by atoms with Crippen LogP contribution < -0.4 is 20.9 Å². The van der Waals surface area contributed by atoms with Gasteiger partial charge in [-0.15, -0.1) is 0 Å². The molecule has 0 amide bonds. The lowest BCUT2D eigenvalue weighted by Gasteiger charge is -2.42. The summed E-state index contributed by atoms with van der Waals surface area (Å²) in [4.78, 5) is 110. The first-order chi connectivity index (χ1) is 39.7. The molecule has 26 nitrogen and oxygen atoms in total. The van der Waals surface area contributed by atoms with Gasteiger partial charge in [0, 0.05) is 84.0 Å². The van der Waals surface area contributed by atoms with E-state index in [1.54, 1.807) is 0 Å². The molecule has 2 fully saturated rings. The molecule has 0 bridgehead atoms. The lowest BCUT2D eigenvalue weighted by molar-refractivity contribution is -0.247. The number of fused-ring (bicyclic) bond motifs is 6. The number of aliphatic hydroxyl groups is 4. The summed E-state index contributed by atoms with van der Waals surface area (Å²) in [6, 6.07) is 6.54. The van der Waals surface area contributed by atoms with E-state index in [1.807, 2.05) is 0 Å². The van der Waals surface area contributed by atoms with Gasteiger partial charge in [0.15, 0.2) is 37.4 Å². The molecular weight excluding hydrogens is 1110 g/mol. The van der Waals surface area contributed by atoms with Gasteiger partial charge in [-0.25, -0.2) is 0 Å². The fourth-order valence-corrected chi connectivity index (χ4v) is 12.1. The Morgan fingerprint density at radius 1 is 0.560 bits per heavy atom. The third kappa shape index (κ3) is 10.0. The van der Waals surface area contributed by atoms with Crippen LogP contribution in [0.5, 0.6) is 34.5 Å². The molecule has 12 N–H and O–H groups in total. The Bertz CT molecular complexity index is 3240. The third-order valence-corrected chi connectivity index (χ3v) is 16.6. The van der Waals surface area contributed by atoms with Gasteiger partial charge in [0.1, 0.15) is 45.7 Å². The number of aliphatic hydroxyl groups excluding tert-OH is 2. The van der Waals surface area contributed by atoms with Crippen LogP contribution in [-0.2, 0) is 60.4 Å². The van der Waals surface area contributed by atoms with E-state index in [2.05, 4.69) is 0 Å². The molecule has 0 spiro atoms. The summed E-state index contributed by atoms with van der Waals surface area (Å²) in [5.41, 5.74) is 2.58. The number of carbonyl (C=O) groups excluding carboxylic acids is 8. The zero-order chi connectivity index (χ0) is 60.8. The minimum atomic E-state index is -2.59. The minimum absolute atomic E-state index is 0.00188. The second kappa shape index (κ2) is 22.3. The molecule has 10 rings (SSSR count). The van der Waals surface area contributed by atoms with Crippen molar-refractivity contribution in [1.29, 1.82) is 0 Å². The molecule has 2 unspecified atom stereocenters. The first-order valence-electron chi connectivity index (χ1n) is 26.8. The quantitative estimate of drug-likeness (QED) is 0.0504. The summed E-state index contributed by atoms with van der Waals surface area (Å²) in [5.74, 6) is -11.7. The molecule has 84 heavy (non-hydrogen) atoms. The van der Waals surface area contributed by atoms with Gasteiger partial charge in [-0.2, -0.15) is 0 Å². The van der Waals surface area contributed by atoms with Crippen molar-refractivity contribution in [3.63, 3.8) is 0 Å². The Balaban J connectivity index is 0.830. The first kappa shape index (κ1) is 59.4. The number of methoxy groups -OCH3 is 2. The van der Waals surface area contributed by atoms with Crippen molar-refractivity contribution in [1.82, 2.24) is 0 Å². The summed E-state index contributed by atoms with van der Waals surface area (Å²) in [6.07, 6.45) is -14.6. The van der Waals surface area contributed by atoms with Crippen LogP contribution in [0.15, 0.2) is 36.4 Å². The average molecular weight is 1170 g/mol. The van der Waals surface area contributed by atoms with Crippen LogP contribution in [0.4, 0.5) is 0 Å². The normalized spacial score (nSPS) is 28.6. The Labute approximate surface area is 476 Å². The van der Waals surface area contributed by atoms with Crippen LogP contribution in [-0.4, -0.2) is 175 Å². The molecule has 12 atom stereocenters. The highest BCUT2D eigenvalue weighted by molar-refractivity contribution is 6.32. The van der Waals surface area contributed by atoms with Crippen molar-refractivity contribution >= 4 is 46.6 Å². The largest absolute Gasteiger partial charge is 0.507 e. The number of rotatable bonds is 15. The number of phenols is 4. The SMILES string of the molecule is COc1cccc2c1C(=O)c1c(O)c3c(c(O)c1C2=O)C[C@@](O)(C(=O)COC(=O)CCC(=O)OCC(=O)[C@@]1(O)Cc2c(O)c4c(c(O)c2[C@H](O[C@@H]2C[C@H](N)[C@@H](O)C(C)O2)C1)C(=O)c1c(OC)cccc1C4=O)C[C@@H]3O[C@H]1C[C@@H](N)[C@H](O)C(C)O1. The number of aromatic hydroxyl groups is 4. The van der Waals surface area contributed by atoms with Crippen LogP contribution in [0.2, 0.25) is 0 Å². The predicted octanol–water partition coefficient (Wildman–Crippen LogP) is 0.898. The molecule has 0 saturated carbocycles. The number of nitrogens with two attached hydrogens (primary N) is 2. The van der Waals surface area contributed by atoms with E-state index in [9.17, 15) is 79.2 Å². The van der Waals surface area contributed by atoms with Crippen molar-refractivity contribution in [2.24, 2.45) is 11.5 Å². The third-order valence-electron chi connectivity index (χ3n) is 16.6. The van der Waals surface area contributed by atoms with Gasteiger partial charge in [-0.05, 0) is 26.0 Å². The maximum absolute atomic E-state index is 14.1. The average Bonchev–Trinajstić information content (AvgIpc) is 1.31. The Morgan fingerprint density at radius 3 is 1.26 bits per heavy atom. The molecule has 446 valence electrons. The number of ether oxygens (including phenoxy) is 8. The minimum Gasteiger partial charge on any atom is -0.507 e. The van der Waals surface area contributed by atoms with Crippen molar-refractivity contribution in [3.8, 4) is 34.5 Å². The molecule has 6 aliphatic rings. The second-order valence-corrected chi connectivity index (χ2v) is 21.8. The molecule has 26 heteroatoms. The number of esters is 2. The Kier molecular flexibility index (Phi) is 15.8.